The number of oxazole rings is 1. The highest BCUT2D eigenvalue weighted by molar-refractivity contribution is 7.81. The number of amides is 4. The van der Waals surface area contributed by atoms with Gasteiger partial charge in [-0.2, -0.15) is 0 Å². The summed E-state index contributed by atoms with van der Waals surface area (Å²) >= 11 is 12.2. The van der Waals surface area contributed by atoms with Crippen LogP contribution >= 0.6 is 23.8 Å². The van der Waals surface area contributed by atoms with Crippen molar-refractivity contribution in [2.45, 2.75) is 84.2 Å². The van der Waals surface area contributed by atoms with Gasteiger partial charge in [0.1, 0.15) is 35.8 Å². The molecule has 7 rings (SSSR count). The van der Waals surface area contributed by atoms with E-state index in [1.807, 2.05) is 57.2 Å². The number of aliphatic hydroxyl groups is 1. The monoisotopic (exact) mass is 981 g/mol. The van der Waals surface area contributed by atoms with Gasteiger partial charge in [0.05, 0.1) is 41.0 Å². The topological polar surface area (TPSA) is 179 Å². The molecular formula is C51H57ClFN7O8S. The third-order valence-electron chi connectivity index (χ3n) is 12.1. The summed E-state index contributed by atoms with van der Waals surface area (Å²) in [5.74, 6) is -0.944. The molecule has 2 aliphatic rings. The van der Waals surface area contributed by atoms with E-state index in [4.69, 9.17) is 37.7 Å². The van der Waals surface area contributed by atoms with Gasteiger partial charge < -0.3 is 44.7 Å². The average Bonchev–Trinajstić information content (AvgIpc) is 4.04. The highest BCUT2D eigenvalue weighted by Gasteiger charge is 2.51. The van der Waals surface area contributed by atoms with Crippen LogP contribution in [0.15, 0.2) is 102 Å². The molecule has 69 heavy (non-hydrogen) atoms. The van der Waals surface area contributed by atoms with E-state index in [1.165, 1.54) is 27.2 Å². The lowest BCUT2D eigenvalue weighted by atomic mass is 9.85. The maximum Gasteiger partial charge on any atom is 0.259 e. The molecule has 0 unspecified atom stereocenters. The third kappa shape index (κ3) is 11.6. The number of benzene rings is 4. The van der Waals surface area contributed by atoms with E-state index in [1.54, 1.807) is 69.6 Å². The fourth-order valence-corrected chi connectivity index (χ4v) is 9.10. The first kappa shape index (κ1) is 50.5. The van der Waals surface area contributed by atoms with Crippen LogP contribution in [-0.4, -0.2) is 101 Å². The zero-order valence-corrected chi connectivity index (χ0v) is 41.0. The van der Waals surface area contributed by atoms with Gasteiger partial charge in [-0.15, -0.1) is 0 Å². The largest absolute Gasteiger partial charge is 0.494 e. The van der Waals surface area contributed by atoms with E-state index < -0.39 is 52.7 Å². The summed E-state index contributed by atoms with van der Waals surface area (Å²) in [6, 6.07) is 22.8. The molecule has 2 saturated heterocycles. The number of aliphatic hydroxyl groups excluding tert-OH is 1. The van der Waals surface area contributed by atoms with E-state index in [9.17, 15) is 24.3 Å². The number of ether oxygens (including phenoxy) is 2. The Hall–Kier alpha value is -6.40. The third-order valence-corrected chi connectivity index (χ3v) is 12.8. The van der Waals surface area contributed by atoms with Crippen LogP contribution in [0.3, 0.4) is 0 Å². The second-order valence-corrected chi connectivity index (χ2v) is 19.3. The lowest BCUT2D eigenvalue weighted by molar-refractivity contribution is -0.144. The second-order valence-electron chi connectivity index (χ2n) is 18.6. The Kier molecular flexibility index (Phi) is 15.7. The number of hydrogen-bond acceptors (Lipinski definition) is 11. The van der Waals surface area contributed by atoms with Crippen LogP contribution in [0, 0.1) is 11.2 Å². The molecule has 2 fully saturated rings. The van der Waals surface area contributed by atoms with Crippen LogP contribution in [0.4, 0.5) is 21.5 Å². The zero-order valence-electron chi connectivity index (χ0n) is 39.4. The van der Waals surface area contributed by atoms with E-state index in [0.717, 1.165) is 16.7 Å². The van der Waals surface area contributed by atoms with E-state index >= 15 is 4.39 Å². The highest BCUT2D eigenvalue weighted by Crippen LogP contribution is 2.40. The van der Waals surface area contributed by atoms with Gasteiger partial charge in [0.15, 0.2) is 17.3 Å². The summed E-state index contributed by atoms with van der Waals surface area (Å²) in [4.78, 5) is 62.3. The quantitative estimate of drug-likeness (QED) is 0.0497. The number of likely N-dealkylation sites (tertiary alicyclic amines) is 1. The average molecular weight is 983 g/mol. The molecule has 4 amide bonds. The number of halogens is 2. The maximum absolute atomic E-state index is 15.9. The number of hydrogen-bond donors (Lipinski definition) is 4. The van der Waals surface area contributed by atoms with Crippen LogP contribution < -0.4 is 30.5 Å². The minimum absolute atomic E-state index is 0.0364. The summed E-state index contributed by atoms with van der Waals surface area (Å²) in [6.07, 6.45) is 3.39. The van der Waals surface area contributed by atoms with Crippen molar-refractivity contribution in [3.05, 3.63) is 114 Å². The van der Waals surface area contributed by atoms with Crippen molar-refractivity contribution < 1.29 is 42.6 Å². The van der Waals surface area contributed by atoms with Crippen LogP contribution in [0.2, 0.25) is 5.02 Å². The van der Waals surface area contributed by atoms with E-state index in [0.29, 0.717) is 52.9 Å². The number of thiocarbonyl (C=S) groups is 1. The van der Waals surface area contributed by atoms with Gasteiger partial charge in [-0.25, -0.2) is 9.37 Å². The number of aromatic nitrogens is 1. The number of anilines is 3. The van der Waals surface area contributed by atoms with Gasteiger partial charge in [0, 0.05) is 38.7 Å². The molecule has 0 radical (unpaired) electrons. The fourth-order valence-electron chi connectivity index (χ4n) is 8.32. The summed E-state index contributed by atoms with van der Waals surface area (Å²) in [5, 5.41) is 19.8. The second kappa shape index (κ2) is 21.5. The number of β-amino-alcohol motifs (C(OH)–C–C–N with tert-alkyl or cyclic N) is 1. The molecule has 3 heterocycles. The van der Waals surface area contributed by atoms with Crippen LogP contribution in [0.25, 0.3) is 22.5 Å². The van der Waals surface area contributed by atoms with Gasteiger partial charge in [-0.1, -0.05) is 74.8 Å². The Morgan fingerprint density at radius 1 is 0.986 bits per heavy atom. The Balaban J connectivity index is 0.841. The molecule has 2 aliphatic heterocycles. The molecule has 364 valence electrons. The number of rotatable bonds is 18. The SMILES string of the molecule is CNc1ccc(N2C(=O)C(C)(C)N(c3ccc(-c4ccc(OCCCCOCC(=O)N[C@H](C(=O)N5C[C@H](O)C[C@H]5C(=O)NCc5ccc(-c6cnco6)cc5)C(C)(C)C)cc4)cc3F)C2=S)cc1Cl. The summed E-state index contributed by atoms with van der Waals surface area (Å²) < 4.78 is 32.8. The Morgan fingerprint density at radius 2 is 1.68 bits per heavy atom. The molecule has 4 N–H and O–H groups in total. The number of nitrogens with zero attached hydrogens (tertiary/aromatic N) is 4. The van der Waals surface area contributed by atoms with Crippen molar-refractivity contribution >= 4 is 69.6 Å². The Bertz CT molecular complexity index is 2660. The van der Waals surface area contributed by atoms with Crippen molar-refractivity contribution in [2.24, 2.45) is 5.41 Å². The lowest BCUT2D eigenvalue weighted by Gasteiger charge is -2.35. The first-order valence-corrected chi connectivity index (χ1v) is 23.5. The Morgan fingerprint density at radius 3 is 2.33 bits per heavy atom. The summed E-state index contributed by atoms with van der Waals surface area (Å²) in [7, 11) is 1.74. The van der Waals surface area contributed by atoms with E-state index in [-0.39, 0.29) is 49.4 Å². The summed E-state index contributed by atoms with van der Waals surface area (Å²) in [5.41, 5.74) is 2.54. The van der Waals surface area contributed by atoms with Crippen molar-refractivity contribution in [3.8, 4) is 28.2 Å². The molecule has 15 nitrogen and oxygen atoms in total. The molecule has 0 saturated carbocycles. The predicted molar refractivity (Wildman–Crippen MR) is 266 cm³/mol. The van der Waals surface area contributed by atoms with Crippen molar-refractivity contribution in [1.29, 1.82) is 0 Å². The minimum atomic E-state index is -1.17. The maximum atomic E-state index is 15.9. The number of carbonyl (C=O) groups is 4. The van der Waals surface area contributed by atoms with Gasteiger partial charge in [0.2, 0.25) is 17.7 Å². The van der Waals surface area contributed by atoms with Crippen LogP contribution in [-0.2, 0) is 30.5 Å². The van der Waals surface area contributed by atoms with Crippen molar-refractivity contribution in [1.82, 2.24) is 20.5 Å². The van der Waals surface area contributed by atoms with Gasteiger partial charge in [-0.05, 0) is 103 Å². The number of carbonyl (C=O) groups excluding carboxylic acids is 4. The minimum Gasteiger partial charge on any atom is -0.494 e. The standard InChI is InChI=1S/C51H57ClFN7O8S/c1-50(2,3)45(47(64)58-28-36(61)25-42(58)46(63)56-26-31-9-11-33(12-10-31)43-27-55-30-68-43)57-44(62)29-66-21-7-8-22-67-37-17-13-32(14-18-37)34-15-20-41(39(53)23-34)60-49(69)59(48(65)51(60,4)5)35-16-19-40(54-6)38(52)24-35/h9-20,23-24,27,30,36,42,45,54,61H,7-8,21-22,25-26,28-29H2,1-6H3,(H,56,63)(H,57,62)/t36-,42+,45-/m1/s1. The smallest absolute Gasteiger partial charge is 0.259 e. The van der Waals surface area contributed by atoms with Crippen molar-refractivity contribution in [2.75, 3.05) is 48.5 Å². The number of unbranched alkanes of at least 4 members (excludes halogenated alkanes) is 1. The molecule has 0 aliphatic carbocycles. The molecule has 3 atom stereocenters. The molecular weight excluding hydrogens is 925 g/mol. The zero-order chi connectivity index (χ0) is 49.6. The predicted octanol–water partition coefficient (Wildman–Crippen LogP) is 7.74. The van der Waals surface area contributed by atoms with Crippen LogP contribution in [0.1, 0.15) is 59.4 Å². The number of nitrogens with one attached hydrogen (secondary N) is 3. The van der Waals surface area contributed by atoms with Crippen molar-refractivity contribution in [3.63, 3.8) is 0 Å². The molecule has 18 heteroatoms. The van der Waals surface area contributed by atoms with E-state index in [2.05, 4.69) is 20.9 Å². The lowest BCUT2D eigenvalue weighted by Crippen LogP contribution is -2.58. The molecule has 5 aromatic rings. The fraction of sp³-hybridized carbons (Fsp3) is 0.373. The molecule has 0 spiro atoms. The van der Waals surface area contributed by atoms with Gasteiger partial charge in [-0.3, -0.25) is 24.1 Å². The van der Waals surface area contributed by atoms with Crippen LogP contribution in [0.5, 0.6) is 5.75 Å². The first-order chi connectivity index (χ1) is 32.9. The summed E-state index contributed by atoms with van der Waals surface area (Å²) in [6.45, 7) is 9.43. The Labute approximate surface area is 411 Å². The molecule has 0 bridgehead atoms. The normalized spacial score (nSPS) is 17.3. The first-order valence-electron chi connectivity index (χ1n) is 22.7. The van der Waals surface area contributed by atoms with Gasteiger partial charge >= 0.3 is 0 Å². The van der Waals surface area contributed by atoms with Gasteiger partial charge in [0.25, 0.3) is 5.91 Å². The molecule has 4 aromatic carbocycles. The molecule has 1 aromatic heterocycles. The highest BCUT2D eigenvalue weighted by atomic mass is 35.5.